The van der Waals surface area contributed by atoms with Crippen LogP contribution in [-0.2, 0) is 10.0 Å². The maximum atomic E-state index is 13.3. The molecule has 0 unspecified atom stereocenters. The molecule has 0 amide bonds. The Labute approximate surface area is 95.6 Å². The molecule has 4 nitrogen and oxygen atoms in total. The van der Waals surface area contributed by atoms with E-state index in [4.69, 9.17) is 5.14 Å². The van der Waals surface area contributed by atoms with Crippen molar-refractivity contribution in [2.24, 2.45) is 5.14 Å². The first-order valence-corrected chi connectivity index (χ1v) is 6.64. The van der Waals surface area contributed by atoms with Gasteiger partial charge >= 0.3 is 0 Å². The average molecular weight is 258 g/mol. The van der Waals surface area contributed by atoms with Crippen molar-refractivity contribution in [3.8, 4) is 11.3 Å². The van der Waals surface area contributed by atoms with Crippen molar-refractivity contribution in [2.45, 2.75) is 4.90 Å². The largest absolute Gasteiger partial charge is 0.241 e. The zero-order chi connectivity index (χ0) is 11.8. The predicted molar refractivity (Wildman–Crippen MR) is 58.9 cm³/mol. The lowest BCUT2D eigenvalue weighted by Crippen LogP contribution is -2.13. The van der Waals surface area contributed by atoms with E-state index in [1.54, 1.807) is 6.07 Å². The molecule has 0 aliphatic rings. The van der Waals surface area contributed by atoms with Gasteiger partial charge < -0.3 is 0 Å². The Kier molecular flexibility index (Phi) is 2.75. The third kappa shape index (κ3) is 1.97. The van der Waals surface area contributed by atoms with Crippen LogP contribution in [0.2, 0.25) is 0 Å². The average Bonchev–Trinajstić information content (AvgIpc) is 2.63. The number of thiazole rings is 1. The van der Waals surface area contributed by atoms with E-state index in [9.17, 15) is 12.8 Å². The molecule has 0 aliphatic heterocycles. The summed E-state index contributed by atoms with van der Waals surface area (Å²) >= 11 is 0.805. The fourth-order valence-electron chi connectivity index (χ4n) is 1.32. The van der Waals surface area contributed by atoms with Crippen LogP contribution in [0.3, 0.4) is 0 Å². The molecule has 16 heavy (non-hydrogen) atoms. The Bertz CT molecular complexity index is 622. The number of aromatic nitrogens is 1. The van der Waals surface area contributed by atoms with Crippen molar-refractivity contribution in [3.05, 3.63) is 34.9 Å². The fraction of sp³-hybridized carbons (Fsp3) is 0. The first-order chi connectivity index (χ1) is 7.50. The number of benzene rings is 1. The summed E-state index contributed by atoms with van der Waals surface area (Å²) < 4.78 is 35.9. The molecular formula is C9H7FN2O2S2. The first kappa shape index (κ1) is 11.2. The van der Waals surface area contributed by atoms with Crippen molar-refractivity contribution in [2.75, 3.05) is 0 Å². The van der Waals surface area contributed by atoms with Crippen molar-refractivity contribution in [1.82, 2.24) is 4.98 Å². The lowest BCUT2D eigenvalue weighted by molar-refractivity contribution is 0.598. The van der Waals surface area contributed by atoms with Gasteiger partial charge in [0, 0.05) is 5.56 Å². The number of hydrogen-bond acceptors (Lipinski definition) is 4. The van der Waals surface area contributed by atoms with Crippen molar-refractivity contribution < 1.29 is 12.8 Å². The number of halogens is 1. The van der Waals surface area contributed by atoms with E-state index in [0.717, 1.165) is 11.3 Å². The summed E-state index contributed by atoms with van der Waals surface area (Å²) in [4.78, 5) is 3.66. The Morgan fingerprint density at radius 3 is 2.56 bits per heavy atom. The van der Waals surface area contributed by atoms with Crippen molar-refractivity contribution in [1.29, 1.82) is 0 Å². The van der Waals surface area contributed by atoms with Gasteiger partial charge in [-0.25, -0.2) is 18.5 Å². The first-order valence-electron chi connectivity index (χ1n) is 4.21. The fourth-order valence-corrected chi connectivity index (χ4v) is 2.58. The number of sulfonamides is 1. The van der Waals surface area contributed by atoms with E-state index >= 15 is 0 Å². The van der Waals surface area contributed by atoms with Gasteiger partial charge in [0.1, 0.15) is 5.69 Å². The molecule has 0 saturated heterocycles. The number of primary sulfonamides is 1. The number of nitrogens with two attached hydrogens (primary N) is 1. The van der Waals surface area contributed by atoms with Gasteiger partial charge in [0.15, 0.2) is 0 Å². The Balaban J connectivity index is 2.72. The Morgan fingerprint density at radius 2 is 2.00 bits per heavy atom. The molecule has 0 fully saturated rings. The van der Waals surface area contributed by atoms with Gasteiger partial charge in [-0.2, -0.15) is 4.39 Å². The SMILES string of the molecule is NS(=O)(=O)c1ccccc1-c1ncsc1F. The van der Waals surface area contributed by atoms with Crippen LogP contribution < -0.4 is 5.14 Å². The predicted octanol–water partition coefficient (Wildman–Crippen LogP) is 1.60. The van der Waals surface area contributed by atoms with E-state index in [2.05, 4.69) is 4.98 Å². The zero-order valence-corrected chi connectivity index (χ0v) is 9.56. The maximum absolute atomic E-state index is 13.3. The standard InChI is InChI=1S/C9H7FN2O2S2/c10-9-8(12-5-15-9)6-3-1-2-4-7(6)16(11,13)14/h1-5H,(H2,11,13,14). The van der Waals surface area contributed by atoms with E-state index < -0.39 is 15.2 Å². The Hall–Kier alpha value is -1.31. The van der Waals surface area contributed by atoms with Crippen LogP contribution in [0.1, 0.15) is 0 Å². The summed E-state index contributed by atoms with van der Waals surface area (Å²) in [5.74, 6) is 0. The minimum Gasteiger partial charge on any atom is -0.241 e. The summed E-state index contributed by atoms with van der Waals surface area (Å²) in [6.45, 7) is 0. The van der Waals surface area contributed by atoms with Crippen LogP contribution in [-0.4, -0.2) is 13.4 Å². The second-order valence-electron chi connectivity index (χ2n) is 3.02. The molecule has 0 saturated carbocycles. The molecule has 1 aromatic carbocycles. The van der Waals surface area contributed by atoms with Crippen LogP contribution >= 0.6 is 11.3 Å². The van der Waals surface area contributed by atoms with Gasteiger partial charge in [-0.15, -0.1) is 0 Å². The highest BCUT2D eigenvalue weighted by Gasteiger charge is 2.18. The smallest absolute Gasteiger partial charge is 0.238 e. The number of hydrogen-bond donors (Lipinski definition) is 1. The molecule has 0 atom stereocenters. The van der Waals surface area contributed by atoms with Gasteiger partial charge in [0.25, 0.3) is 0 Å². The summed E-state index contributed by atoms with van der Waals surface area (Å²) in [6.07, 6.45) is 0. The van der Waals surface area contributed by atoms with Crippen LogP contribution in [0.4, 0.5) is 4.39 Å². The molecule has 2 aromatic rings. The lowest BCUT2D eigenvalue weighted by atomic mass is 10.2. The van der Waals surface area contributed by atoms with E-state index in [-0.39, 0.29) is 16.2 Å². The summed E-state index contributed by atoms with van der Waals surface area (Å²) in [6, 6.07) is 5.91. The van der Waals surface area contributed by atoms with Crippen LogP contribution in [0.25, 0.3) is 11.3 Å². The summed E-state index contributed by atoms with van der Waals surface area (Å²) in [5, 5.41) is 4.51. The molecule has 1 aromatic heterocycles. The van der Waals surface area contributed by atoms with Crippen LogP contribution in [0, 0.1) is 5.13 Å². The van der Waals surface area contributed by atoms with Crippen molar-refractivity contribution in [3.63, 3.8) is 0 Å². The molecular weight excluding hydrogens is 251 g/mol. The van der Waals surface area contributed by atoms with Crippen molar-refractivity contribution >= 4 is 21.4 Å². The molecule has 0 radical (unpaired) electrons. The Morgan fingerprint density at radius 1 is 1.31 bits per heavy atom. The second kappa shape index (κ2) is 3.93. The molecule has 2 N–H and O–H groups in total. The summed E-state index contributed by atoms with van der Waals surface area (Å²) in [5.41, 5.74) is 1.50. The third-order valence-corrected chi connectivity index (χ3v) is 3.55. The molecule has 84 valence electrons. The monoisotopic (exact) mass is 258 g/mol. The number of rotatable bonds is 2. The zero-order valence-electron chi connectivity index (χ0n) is 7.92. The molecule has 0 bridgehead atoms. The number of nitrogens with zero attached hydrogens (tertiary/aromatic N) is 1. The topological polar surface area (TPSA) is 73.1 Å². The minimum absolute atomic E-state index is 0.00891. The second-order valence-corrected chi connectivity index (χ2v) is 5.35. The molecule has 0 spiro atoms. The highest BCUT2D eigenvalue weighted by atomic mass is 32.2. The van der Waals surface area contributed by atoms with Crippen LogP contribution in [0.15, 0.2) is 34.7 Å². The van der Waals surface area contributed by atoms with Crippen LogP contribution in [0.5, 0.6) is 0 Å². The quantitative estimate of drug-likeness (QED) is 0.889. The van der Waals surface area contributed by atoms with Gasteiger partial charge in [-0.3, -0.25) is 0 Å². The highest BCUT2D eigenvalue weighted by Crippen LogP contribution is 2.28. The van der Waals surface area contributed by atoms with Gasteiger partial charge in [0.05, 0.1) is 10.4 Å². The van der Waals surface area contributed by atoms with E-state index in [1.807, 2.05) is 0 Å². The van der Waals surface area contributed by atoms with Gasteiger partial charge in [-0.1, -0.05) is 29.5 Å². The van der Waals surface area contributed by atoms with Gasteiger partial charge in [-0.05, 0) is 6.07 Å². The highest BCUT2D eigenvalue weighted by molar-refractivity contribution is 7.89. The maximum Gasteiger partial charge on any atom is 0.238 e. The molecule has 7 heteroatoms. The van der Waals surface area contributed by atoms with E-state index in [1.165, 1.54) is 23.7 Å². The normalized spacial score (nSPS) is 11.6. The molecule has 0 aliphatic carbocycles. The lowest BCUT2D eigenvalue weighted by Gasteiger charge is -2.04. The third-order valence-electron chi connectivity index (χ3n) is 1.97. The minimum atomic E-state index is -3.88. The van der Waals surface area contributed by atoms with E-state index in [0.29, 0.717) is 0 Å². The molecule has 2 rings (SSSR count). The van der Waals surface area contributed by atoms with Gasteiger partial charge in [0.2, 0.25) is 15.2 Å². The summed E-state index contributed by atoms with van der Waals surface area (Å²) in [7, 11) is -3.88. The molecule has 1 heterocycles.